The Morgan fingerprint density at radius 2 is 1.44 bits per heavy atom. The zero-order chi connectivity index (χ0) is 28.3. The summed E-state index contributed by atoms with van der Waals surface area (Å²) in [5.74, 6) is -1.67. The molecule has 2 amide bonds. The Bertz CT molecular complexity index is 1450. The molecule has 0 aliphatic carbocycles. The van der Waals surface area contributed by atoms with Crippen LogP contribution in [0.15, 0.2) is 84.9 Å². The molecule has 3 aromatic rings. The van der Waals surface area contributed by atoms with Crippen molar-refractivity contribution in [3.8, 4) is 5.75 Å². The first-order valence-electron chi connectivity index (χ1n) is 12.0. The number of nitrogens with one attached hydrogen (secondary N) is 2. The maximum atomic E-state index is 12.9. The number of amides is 2. The molecule has 0 bridgehead atoms. The van der Waals surface area contributed by atoms with Gasteiger partial charge in [0, 0.05) is 11.7 Å². The lowest BCUT2D eigenvalue weighted by Gasteiger charge is -2.20. The van der Waals surface area contributed by atoms with Crippen LogP contribution < -0.4 is 20.5 Å². The molecule has 10 nitrogen and oxygen atoms in total. The molecule has 0 saturated carbocycles. The van der Waals surface area contributed by atoms with Gasteiger partial charge in [-0.1, -0.05) is 60.7 Å². The van der Waals surface area contributed by atoms with Crippen molar-refractivity contribution < 1.29 is 31.2 Å². The lowest BCUT2D eigenvalue weighted by Crippen LogP contribution is -2.42. The van der Waals surface area contributed by atoms with E-state index in [1.807, 2.05) is 30.3 Å². The molecule has 0 saturated heterocycles. The first-order chi connectivity index (χ1) is 18.5. The van der Waals surface area contributed by atoms with Crippen molar-refractivity contribution in [2.75, 3.05) is 16.2 Å². The van der Waals surface area contributed by atoms with E-state index in [0.29, 0.717) is 18.4 Å². The van der Waals surface area contributed by atoms with Gasteiger partial charge >= 0.3 is 6.09 Å². The van der Waals surface area contributed by atoms with Gasteiger partial charge in [-0.2, -0.15) is 0 Å². The van der Waals surface area contributed by atoms with Crippen molar-refractivity contribution in [3.05, 3.63) is 102 Å². The summed E-state index contributed by atoms with van der Waals surface area (Å²) >= 11 is 0. The number of ether oxygens (including phenoxy) is 1. The van der Waals surface area contributed by atoms with Crippen LogP contribution in [-0.4, -0.2) is 46.4 Å². The van der Waals surface area contributed by atoms with E-state index < -0.39 is 49.4 Å². The number of hydrogen-bond acceptors (Lipinski definition) is 7. The summed E-state index contributed by atoms with van der Waals surface area (Å²) in [4.78, 5) is 23.5. The van der Waals surface area contributed by atoms with E-state index in [4.69, 9.17) is 10.5 Å². The molecule has 0 aromatic heterocycles. The van der Waals surface area contributed by atoms with E-state index in [9.17, 15) is 26.4 Å². The molecule has 4 N–H and O–H groups in total. The molecular weight excluding hydrogens is 542 g/mol. The Kier molecular flexibility index (Phi) is 10.5. The van der Waals surface area contributed by atoms with Crippen LogP contribution in [-0.2, 0) is 36.8 Å². The minimum atomic E-state index is -3.93. The average Bonchev–Trinajstić information content (AvgIpc) is 2.88. The van der Waals surface area contributed by atoms with E-state index in [1.165, 1.54) is 24.3 Å². The van der Waals surface area contributed by atoms with Crippen molar-refractivity contribution in [1.82, 2.24) is 5.32 Å². The highest BCUT2D eigenvalue weighted by Gasteiger charge is 2.23. The molecule has 0 aliphatic rings. The third-order valence-electron chi connectivity index (χ3n) is 5.49. The van der Waals surface area contributed by atoms with Crippen LogP contribution in [0.5, 0.6) is 5.75 Å². The molecule has 0 aliphatic heterocycles. The van der Waals surface area contributed by atoms with Gasteiger partial charge in [0.2, 0.25) is 15.9 Å². The Morgan fingerprint density at radius 3 is 2.03 bits per heavy atom. The molecule has 1 atom stereocenters. The predicted octanol–water partition coefficient (Wildman–Crippen LogP) is 2.82. The molecule has 3 rings (SSSR count). The van der Waals surface area contributed by atoms with Gasteiger partial charge in [0.05, 0.1) is 23.7 Å². The molecule has 207 valence electrons. The predicted molar refractivity (Wildman–Crippen MR) is 149 cm³/mol. The standard InChI is InChI=1S/C27H30N3O7S2/c28-27(32)37-25-15-13-23(14-16-25)30-39(35,36)20-24(12-11-21-7-3-1-4-8-21)29-26(31)17-18-38(33,34)19-22-9-5-2-6-10-22/h1-10,13-17,24,30H,11-12,18-20H2,(H2,28,32)(H,29,31). The fourth-order valence-electron chi connectivity index (χ4n) is 3.73. The third-order valence-corrected chi connectivity index (χ3v) is 8.33. The van der Waals surface area contributed by atoms with E-state index in [0.717, 1.165) is 12.0 Å². The first kappa shape index (κ1) is 29.7. The largest absolute Gasteiger partial charge is 0.411 e. The topological polar surface area (TPSA) is 162 Å². The molecule has 39 heavy (non-hydrogen) atoms. The number of carbonyl (C=O) groups excluding carboxylic acids is 2. The maximum absolute atomic E-state index is 12.9. The average molecular weight is 573 g/mol. The van der Waals surface area contributed by atoms with Gasteiger partial charge in [-0.15, -0.1) is 0 Å². The van der Waals surface area contributed by atoms with E-state index in [-0.39, 0.29) is 17.2 Å². The van der Waals surface area contributed by atoms with Gasteiger partial charge in [0.15, 0.2) is 9.84 Å². The van der Waals surface area contributed by atoms with E-state index in [2.05, 4.69) is 10.0 Å². The third kappa shape index (κ3) is 11.2. The van der Waals surface area contributed by atoms with Crippen LogP contribution >= 0.6 is 0 Å². The van der Waals surface area contributed by atoms with Crippen LogP contribution in [0, 0.1) is 6.42 Å². The Morgan fingerprint density at radius 1 is 0.846 bits per heavy atom. The number of sulfone groups is 1. The van der Waals surface area contributed by atoms with Crippen molar-refractivity contribution >= 4 is 37.5 Å². The summed E-state index contributed by atoms with van der Waals surface area (Å²) in [5.41, 5.74) is 6.76. The normalized spacial score (nSPS) is 12.3. The maximum Gasteiger partial charge on any atom is 0.409 e. The SMILES string of the molecule is NC(=O)Oc1ccc(NS(=O)(=O)CC(CCc2ccccc2)NC(=O)[CH]CS(=O)(=O)Cc2ccccc2)cc1. The number of benzene rings is 3. The Labute approximate surface area is 228 Å². The second-order valence-corrected chi connectivity index (χ2v) is 12.7. The monoisotopic (exact) mass is 572 g/mol. The van der Waals surface area contributed by atoms with Crippen LogP contribution in [0.25, 0.3) is 0 Å². The van der Waals surface area contributed by atoms with Gasteiger partial charge in [0.1, 0.15) is 5.75 Å². The molecule has 0 spiro atoms. The summed E-state index contributed by atoms with van der Waals surface area (Å²) in [6, 6.07) is 22.7. The van der Waals surface area contributed by atoms with Gasteiger partial charge < -0.3 is 15.8 Å². The quantitative estimate of drug-likeness (QED) is 0.268. The smallest absolute Gasteiger partial charge is 0.409 e. The van der Waals surface area contributed by atoms with Gasteiger partial charge in [-0.25, -0.2) is 21.6 Å². The Hall–Kier alpha value is -3.90. The van der Waals surface area contributed by atoms with E-state index >= 15 is 0 Å². The number of aryl methyl sites for hydroxylation is 1. The number of hydrogen-bond donors (Lipinski definition) is 3. The molecule has 0 heterocycles. The highest BCUT2D eigenvalue weighted by molar-refractivity contribution is 7.92. The van der Waals surface area contributed by atoms with E-state index in [1.54, 1.807) is 30.3 Å². The van der Waals surface area contributed by atoms with Gasteiger partial charge in [-0.3, -0.25) is 9.52 Å². The van der Waals surface area contributed by atoms with Gasteiger partial charge in [-0.05, 0) is 48.2 Å². The molecule has 12 heteroatoms. The Balaban J connectivity index is 1.63. The van der Waals surface area contributed by atoms with Crippen LogP contribution in [0.1, 0.15) is 17.5 Å². The highest BCUT2D eigenvalue weighted by atomic mass is 32.2. The number of carbonyl (C=O) groups is 2. The minimum Gasteiger partial charge on any atom is -0.411 e. The van der Waals surface area contributed by atoms with Crippen LogP contribution in [0.4, 0.5) is 10.5 Å². The molecule has 3 aromatic carbocycles. The molecule has 1 unspecified atom stereocenters. The number of rotatable bonds is 14. The minimum absolute atomic E-state index is 0.149. The molecule has 0 fully saturated rings. The first-order valence-corrected chi connectivity index (χ1v) is 15.5. The highest BCUT2D eigenvalue weighted by Crippen LogP contribution is 2.18. The zero-order valence-corrected chi connectivity index (χ0v) is 22.7. The summed E-state index contributed by atoms with van der Waals surface area (Å²) in [6.07, 6.45) is 0.815. The number of sulfonamides is 1. The van der Waals surface area contributed by atoms with Crippen molar-refractivity contribution in [1.29, 1.82) is 0 Å². The second kappa shape index (κ2) is 13.8. The zero-order valence-electron chi connectivity index (χ0n) is 21.0. The number of anilines is 1. The summed E-state index contributed by atoms with van der Waals surface area (Å²) in [5, 5.41) is 2.65. The van der Waals surface area contributed by atoms with Gasteiger partial charge in [0.25, 0.3) is 0 Å². The summed E-state index contributed by atoms with van der Waals surface area (Å²) in [6.45, 7) is 0. The van der Waals surface area contributed by atoms with Crippen molar-refractivity contribution in [2.24, 2.45) is 5.73 Å². The van der Waals surface area contributed by atoms with Crippen LogP contribution in [0.3, 0.4) is 0 Å². The van der Waals surface area contributed by atoms with Crippen molar-refractivity contribution in [2.45, 2.75) is 24.6 Å². The second-order valence-electron chi connectivity index (χ2n) is 8.80. The van der Waals surface area contributed by atoms with Crippen LogP contribution in [0.2, 0.25) is 0 Å². The lowest BCUT2D eigenvalue weighted by molar-refractivity contribution is -0.118. The fraction of sp³-hybridized carbons (Fsp3) is 0.222. The fourth-order valence-corrected chi connectivity index (χ4v) is 6.31. The number of nitrogens with two attached hydrogens (primary N) is 1. The lowest BCUT2D eigenvalue weighted by atomic mass is 10.1. The number of primary amides is 1. The molecule has 1 radical (unpaired) electrons. The summed E-state index contributed by atoms with van der Waals surface area (Å²) in [7, 11) is -7.53. The molecular formula is C27H30N3O7S2. The summed E-state index contributed by atoms with van der Waals surface area (Å²) < 4.78 is 57.9. The van der Waals surface area contributed by atoms with Crippen molar-refractivity contribution in [3.63, 3.8) is 0 Å².